The van der Waals surface area contributed by atoms with Crippen molar-refractivity contribution in [2.45, 2.75) is 26.3 Å². The number of hydrogen-bond acceptors (Lipinski definition) is 3. The molecule has 2 rings (SSSR count). The van der Waals surface area contributed by atoms with Crippen molar-refractivity contribution in [1.82, 2.24) is 20.1 Å². The van der Waals surface area contributed by atoms with Crippen LogP contribution in [0.25, 0.3) is 0 Å². The zero-order valence-corrected chi connectivity index (χ0v) is 11.5. The summed E-state index contributed by atoms with van der Waals surface area (Å²) in [7, 11) is 1.89. The van der Waals surface area contributed by atoms with Crippen LogP contribution < -0.4 is 5.32 Å². The second kappa shape index (κ2) is 5.93. The van der Waals surface area contributed by atoms with E-state index in [9.17, 15) is 4.39 Å². The fourth-order valence-electron chi connectivity index (χ4n) is 2.18. The van der Waals surface area contributed by atoms with Crippen molar-refractivity contribution in [2.75, 3.05) is 6.54 Å². The molecule has 0 saturated heterocycles. The van der Waals surface area contributed by atoms with Gasteiger partial charge < -0.3 is 5.32 Å². The van der Waals surface area contributed by atoms with Gasteiger partial charge in [0.15, 0.2) is 0 Å². The third-order valence-electron chi connectivity index (χ3n) is 3.15. The van der Waals surface area contributed by atoms with E-state index in [0.29, 0.717) is 5.56 Å². The van der Waals surface area contributed by atoms with Crippen molar-refractivity contribution < 1.29 is 4.39 Å². The van der Waals surface area contributed by atoms with Crippen LogP contribution in [0.2, 0.25) is 0 Å². The predicted molar refractivity (Wildman–Crippen MR) is 72.3 cm³/mol. The molecular formula is C14H19FN4. The number of nitrogens with one attached hydrogen (secondary N) is 1. The maximum absolute atomic E-state index is 13.9. The van der Waals surface area contributed by atoms with E-state index >= 15 is 0 Å². The Morgan fingerprint density at radius 3 is 2.79 bits per heavy atom. The highest BCUT2D eigenvalue weighted by Gasteiger charge is 2.20. The lowest BCUT2D eigenvalue weighted by atomic mass is 10.0. The quantitative estimate of drug-likeness (QED) is 0.898. The van der Waals surface area contributed by atoms with E-state index in [1.165, 1.54) is 6.20 Å². The molecule has 0 aliphatic heterocycles. The summed E-state index contributed by atoms with van der Waals surface area (Å²) in [5.41, 5.74) is 2.57. The van der Waals surface area contributed by atoms with Crippen LogP contribution in [0.5, 0.6) is 0 Å². The summed E-state index contributed by atoms with van der Waals surface area (Å²) >= 11 is 0. The van der Waals surface area contributed by atoms with Crippen molar-refractivity contribution in [3.05, 3.63) is 47.3 Å². The smallest absolute Gasteiger partial charge is 0.146 e. The molecule has 0 bridgehead atoms. The summed E-state index contributed by atoms with van der Waals surface area (Å²) in [6, 6.07) is 3.53. The fraction of sp³-hybridized carbons (Fsp3) is 0.429. The van der Waals surface area contributed by atoms with Crippen LogP contribution in [0.15, 0.2) is 24.5 Å². The lowest BCUT2D eigenvalue weighted by Gasteiger charge is -2.18. The topological polar surface area (TPSA) is 42.7 Å². The summed E-state index contributed by atoms with van der Waals surface area (Å²) in [5.74, 6) is -0.298. The molecule has 0 aromatic carbocycles. The molecule has 1 unspecified atom stereocenters. The number of pyridine rings is 1. The molecule has 0 saturated carbocycles. The van der Waals surface area contributed by atoms with Crippen molar-refractivity contribution in [3.8, 4) is 0 Å². The zero-order chi connectivity index (χ0) is 13.8. The Labute approximate surface area is 112 Å². The van der Waals surface area contributed by atoms with Gasteiger partial charge in [-0.2, -0.15) is 5.10 Å². The summed E-state index contributed by atoms with van der Waals surface area (Å²) in [5, 5.41) is 7.73. The van der Waals surface area contributed by atoms with Gasteiger partial charge in [-0.25, -0.2) is 4.39 Å². The van der Waals surface area contributed by atoms with Crippen LogP contribution in [0.1, 0.15) is 36.8 Å². The second-order valence-corrected chi connectivity index (χ2v) is 4.43. The molecule has 1 N–H and O–H groups in total. The Hall–Kier alpha value is -1.75. The van der Waals surface area contributed by atoms with Gasteiger partial charge in [0.2, 0.25) is 0 Å². The first-order chi connectivity index (χ1) is 9.17. The molecule has 0 fully saturated rings. The Balaban J connectivity index is 2.45. The van der Waals surface area contributed by atoms with Gasteiger partial charge in [0, 0.05) is 18.8 Å². The van der Waals surface area contributed by atoms with Gasteiger partial charge in [-0.3, -0.25) is 9.67 Å². The van der Waals surface area contributed by atoms with E-state index in [1.54, 1.807) is 12.3 Å². The molecule has 2 heterocycles. The summed E-state index contributed by atoms with van der Waals surface area (Å²) in [4.78, 5) is 3.80. The average Bonchev–Trinajstić information content (AvgIpc) is 2.78. The maximum Gasteiger partial charge on any atom is 0.146 e. The molecule has 0 radical (unpaired) electrons. The lowest BCUT2D eigenvalue weighted by Crippen LogP contribution is -2.25. The number of halogens is 1. The molecule has 0 aliphatic carbocycles. The van der Waals surface area contributed by atoms with E-state index in [-0.39, 0.29) is 11.9 Å². The Morgan fingerprint density at radius 2 is 2.21 bits per heavy atom. The molecule has 0 amide bonds. The van der Waals surface area contributed by atoms with Gasteiger partial charge in [0.25, 0.3) is 0 Å². The van der Waals surface area contributed by atoms with E-state index in [4.69, 9.17) is 0 Å². The highest BCUT2D eigenvalue weighted by molar-refractivity contribution is 5.28. The molecular weight excluding hydrogens is 243 g/mol. The van der Waals surface area contributed by atoms with Crippen molar-refractivity contribution in [1.29, 1.82) is 0 Å². The molecule has 2 aromatic heterocycles. The largest absolute Gasteiger partial charge is 0.305 e. The molecule has 5 heteroatoms. The lowest BCUT2D eigenvalue weighted by molar-refractivity contribution is 0.528. The number of hydrogen-bond donors (Lipinski definition) is 1. The minimum atomic E-state index is -0.298. The maximum atomic E-state index is 13.9. The molecule has 19 heavy (non-hydrogen) atoms. The second-order valence-electron chi connectivity index (χ2n) is 4.43. The molecule has 4 nitrogen and oxygen atoms in total. The number of aryl methyl sites for hydroxylation is 2. The number of nitrogens with zero attached hydrogens (tertiary/aromatic N) is 3. The minimum Gasteiger partial charge on any atom is -0.305 e. The van der Waals surface area contributed by atoms with E-state index in [2.05, 4.69) is 22.3 Å². The van der Waals surface area contributed by atoms with Crippen LogP contribution in [-0.4, -0.2) is 21.3 Å². The normalized spacial score (nSPS) is 12.6. The van der Waals surface area contributed by atoms with Gasteiger partial charge in [-0.05, 0) is 25.1 Å². The SMILES string of the molecule is CCNC(c1ccncc1F)c1cc(CC)nn1C. The molecule has 0 spiro atoms. The van der Waals surface area contributed by atoms with Gasteiger partial charge >= 0.3 is 0 Å². The summed E-state index contributed by atoms with van der Waals surface area (Å²) in [6.07, 6.45) is 3.72. The van der Waals surface area contributed by atoms with Crippen molar-refractivity contribution in [3.63, 3.8) is 0 Å². The molecule has 1 atom stereocenters. The van der Waals surface area contributed by atoms with Crippen LogP contribution in [0, 0.1) is 5.82 Å². The van der Waals surface area contributed by atoms with Crippen molar-refractivity contribution in [2.24, 2.45) is 7.05 Å². The number of aromatic nitrogens is 3. The highest BCUT2D eigenvalue weighted by Crippen LogP contribution is 2.24. The van der Waals surface area contributed by atoms with Crippen LogP contribution in [-0.2, 0) is 13.5 Å². The van der Waals surface area contributed by atoms with Gasteiger partial charge in [-0.1, -0.05) is 13.8 Å². The molecule has 102 valence electrons. The molecule has 2 aromatic rings. The Morgan fingerprint density at radius 1 is 1.42 bits per heavy atom. The third kappa shape index (κ3) is 2.81. The first-order valence-electron chi connectivity index (χ1n) is 6.53. The van der Waals surface area contributed by atoms with E-state index in [0.717, 1.165) is 24.4 Å². The number of rotatable bonds is 5. The Kier molecular flexibility index (Phi) is 4.27. The predicted octanol–water partition coefficient (Wildman–Crippen LogP) is 2.22. The van der Waals surface area contributed by atoms with Gasteiger partial charge in [0.1, 0.15) is 5.82 Å². The van der Waals surface area contributed by atoms with E-state index < -0.39 is 0 Å². The van der Waals surface area contributed by atoms with Gasteiger partial charge in [0.05, 0.1) is 23.6 Å². The van der Waals surface area contributed by atoms with Gasteiger partial charge in [-0.15, -0.1) is 0 Å². The minimum absolute atomic E-state index is 0.203. The third-order valence-corrected chi connectivity index (χ3v) is 3.15. The standard InChI is InChI=1S/C14H19FN4/c1-4-10-8-13(19(3)18-10)14(17-5-2)11-6-7-16-9-12(11)15/h6-9,14,17H,4-5H2,1-3H3. The Bertz CT molecular complexity index is 550. The van der Waals surface area contributed by atoms with Crippen LogP contribution >= 0.6 is 0 Å². The average molecular weight is 262 g/mol. The summed E-state index contributed by atoms with van der Waals surface area (Å²) < 4.78 is 15.7. The first-order valence-corrected chi connectivity index (χ1v) is 6.53. The highest BCUT2D eigenvalue weighted by atomic mass is 19.1. The fourth-order valence-corrected chi connectivity index (χ4v) is 2.18. The molecule has 0 aliphatic rings. The first kappa shape index (κ1) is 13.7. The summed E-state index contributed by atoms with van der Waals surface area (Å²) in [6.45, 7) is 4.81. The van der Waals surface area contributed by atoms with E-state index in [1.807, 2.05) is 24.7 Å². The monoisotopic (exact) mass is 262 g/mol. The van der Waals surface area contributed by atoms with Crippen molar-refractivity contribution >= 4 is 0 Å². The zero-order valence-electron chi connectivity index (χ0n) is 11.5. The van der Waals surface area contributed by atoms with Crippen LogP contribution in [0.4, 0.5) is 4.39 Å². The van der Waals surface area contributed by atoms with Crippen LogP contribution in [0.3, 0.4) is 0 Å².